The monoisotopic (exact) mass is 183 g/mol. The van der Waals surface area contributed by atoms with Crippen LogP contribution in [0.1, 0.15) is 31.0 Å². The van der Waals surface area contributed by atoms with Crippen LogP contribution in [0.15, 0.2) is 9.79 Å². The van der Waals surface area contributed by atoms with Gasteiger partial charge in [-0.3, -0.25) is 14.2 Å². The van der Waals surface area contributed by atoms with E-state index in [9.17, 15) is 4.79 Å². The molecule has 0 bridgehead atoms. The summed E-state index contributed by atoms with van der Waals surface area (Å²) in [4.78, 5) is 15.4. The lowest BCUT2D eigenvalue weighted by Crippen LogP contribution is -2.12. The molecule has 12 heavy (non-hydrogen) atoms. The van der Waals surface area contributed by atoms with E-state index in [1.54, 1.807) is 0 Å². The van der Waals surface area contributed by atoms with Crippen molar-refractivity contribution in [3.05, 3.63) is 16.0 Å². The lowest BCUT2D eigenvalue weighted by atomic mass is 10.1. The molecular formula is C7H9N3OS. The number of hydrogen-bond acceptors (Lipinski definition) is 4. The summed E-state index contributed by atoms with van der Waals surface area (Å²) in [6, 6.07) is 0.00810. The van der Waals surface area contributed by atoms with Gasteiger partial charge in [0.1, 0.15) is 5.69 Å². The van der Waals surface area contributed by atoms with Gasteiger partial charge in [0.2, 0.25) is 0 Å². The zero-order valence-electron chi connectivity index (χ0n) is 6.49. The summed E-state index contributed by atoms with van der Waals surface area (Å²) in [5.74, 6) is 0. The predicted molar refractivity (Wildman–Crippen MR) is 47.8 cm³/mol. The third kappa shape index (κ3) is 1.32. The number of aliphatic imine (C=N–C) groups is 1. The van der Waals surface area contributed by atoms with Gasteiger partial charge in [-0.05, 0) is 25.5 Å². The Kier molecular flexibility index (Phi) is 2.03. The smallest absolute Gasteiger partial charge is 0.283 e. The Labute approximate surface area is 73.7 Å². The maximum Gasteiger partial charge on any atom is 0.283 e. The van der Waals surface area contributed by atoms with Crippen molar-refractivity contribution in [1.29, 1.82) is 0 Å². The van der Waals surface area contributed by atoms with Gasteiger partial charge in [0.15, 0.2) is 0 Å². The van der Waals surface area contributed by atoms with E-state index < -0.39 is 0 Å². The zero-order valence-corrected chi connectivity index (χ0v) is 7.30. The number of H-pyrrole nitrogens is 1. The van der Waals surface area contributed by atoms with Crippen LogP contribution in [0.2, 0.25) is 0 Å². The van der Waals surface area contributed by atoms with Crippen molar-refractivity contribution >= 4 is 17.9 Å². The fraction of sp³-hybridized carbons (Fsp3) is 0.571. The molecule has 0 spiro atoms. The first-order valence-corrected chi connectivity index (χ1v) is 4.71. The van der Waals surface area contributed by atoms with Crippen molar-refractivity contribution in [3.8, 4) is 0 Å². The van der Waals surface area contributed by atoms with Crippen molar-refractivity contribution in [2.75, 3.05) is 0 Å². The van der Waals surface area contributed by atoms with Crippen LogP contribution >= 0.6 is 11.7 Å². The first-order valence-electron chi connectivity index (χ1n) is 3.94. The molecule has 1 atom stereocenters. The first-order chi connectivity index (χ1) is 5.88. The zero-order chi connectivity index (χ0) is 8.39. The molecule has 1 unspecified atom stereocenters. The van der Waals surface area contributed by atoms with E-state index in [0.717, 1.165) is 31.0 Å². The third-order valence-corrected chi connectivity index (χ3v) is 2.49. The summed E-state index contributed by atoms with van der Waals surface area (Å²) in [6.07, 6.45) is 4.96. The lowest BCUT2D eigenvalue weighted by Gasteiger charge is -2.11. The van der Waals surface area contributed by atoms with Gasteiger partial charge in [0.25, 0.3) is 5.56 Å². The SMILES string of the molecule is O=c1[nH]snc1C1CCCC=N1. The van der Waals surface area contributed by atoms with Crippen LogP contribution in [0.25, 0.3) is 0 Å². The molecule has 2 heterocycles. The van der Waals surface area contributed by atoms with Crippen molar-refractivity contribution < 1.29 is 0 Å². The molecule has 1 N–H and O–H groups in total. The molecule has 2 rings (SSSR count). The van der Waals surface area contributed by atoms with Crippen molar-refractivity contribution in [1.82, 2.24) is 8.75 Å². The Morgan fingerprint density at radius 2 is 2.58 bits per heavy atom. The van der Waals surface area contributed by atoms with Crippen molar-refractivity contribution in [2.24, 2.45) is 4.99 Å². The van der Waals surface area contributed by atoms with Crippen LogP contribution < -0.4 is 5.56 Å². The molecule has 0 saturated carbocycles. The second kappa shape index (κ2) is 3.18. The number of nitrogens with one attached hydrogen (secondary N) is 1. The quantitative estimate of drug-likeness (QED) is 0.709. The van der Waals surface area contributed by atoms with Crippen LogP contribution in [0.4, 0.5) is 0 Å². The molecule has 0 saturated heterocycles. The minimum atomic E-state index is -0.0796. The Bertz CT molecular complexity index is 340. The summed E-state index contributed by atoms with van der Waals surface area (Å²) < 4.78 is 6.57. The second-order valence-electron chi connectivity index (χ2n) is 2.78. The van der Waals surface area contributed by atoms with E-state index in [1.165, 1.54) is 0 Å². The molecule has 1 aromatic heterocycles. The topological polar surface area (TPSA) is 58.1 Å². The Hall–Kier alpha value is -0.970. The maximum absolute atomic E-state index is 11.1. The molecule has 0 fully saturated rings. The Balaban J connectivity index is 2.30. The van der Waals surface area contributed by atoms with Gasteiger partial charge >= 0.3 is 0 Å². The summed E-state index contributed by atoms with van der Waals surface area (Å²) in [5.41, 5.74) is 0.500. The molecule has 5 heteroatoms. The molecular weight excluding hydrogens is 174 g/mol. The average molecular weight is 183 g/mol. The van der Waals surface area contributed by atoms with Crippen LogP contribution in [0, 0.1) is 0 Å². The van der Waals surface area contributed by atoms with Crippen molar-refractivity contribution in [2.45, 2.75) is 25.3 Å². The van der Waals surface area contributed by atoms with E-state index in [0.29, 0.717) is 5.69 Å². The minimum absolute atomic E-state index is 0.00810. The predicted octanol–water partition coefficient (Wildman–Crippen LogP) is 1.13. The van der Waals surface area contributed by atoms with Gasteiger partial charge in [-0.15, -0.1) is 0 Å². The van der Waals surface area contributed by atoms with Crippen LogP contribution in [0.5, 0.6) is 0 Å². The highest BCUT2D eigenvalue weighted by Gasteiger charge is 2.17. The molecule has 4 nitrogen and oxygen atoms in total. The summed E-state index contributed by atoms with van der Waals surface area (Å²) in [6.45, 7) is 0. The lowest BCUT2D eigenvalue weighted by molar-refractivity contribution is 0.590. The van der Waals surface area contributed by atoms with E-state index in [4.69, 9.17) is 0 Å². The largest absolute Gasteiger partial charge is 0.288 e. The molecule has 0 aliphatic carbocycles. The minimum Gasteiger partial charge on any atom is -0.288 e. The molecule has 1 aromatic rings. The standard InChI is InChI=1S/C7H9N3OS/c11-7-6(9-12-10-7)5-3-1-2-4-8-5/h4-5H,1-3H2,(H,10,11). The van der Waals surface area contributed by atoms with E-state index >= 15 is 0 Å². The number of aromatic nitrogens is 2. The summed E-state index contributed by atoms with van der Waals surface area (Å²) in [7, 11) is 0. The molecule has 0 amide bonds. The normalized spacial score (nSPS) is 22.8. The molecule has 64 valence electrons. The molecule has 0 radical (unpaired) electrons. The molecule has 1 aliphatic heterocycles. The fourth-order valence-corrected chi connectivity index (χ4v) is 1.84. The van der Waals surface area contributed by atoms with Crippen LogP contribution in [-0.4, -0.2) is 15.0 Å². The van der Waals surface area contributed by atoms with Crippen LogP contribution in [0.3, 0.4) is 0 Å². The Morgan fingerprint density at radius 1 is 1.67 bits per heavy atom. The summed E-state index contributed by atoms with van der Waals surface area (Å²) >= 11 is 1.10. The fourth-order valence-electron chi connectivity index (χ4n) is 1.31. The highest BCUT2D eigenvalue weighted by Crippen LogP contribution is 2.22. The highest BCUT2D eigenvalue weighted by molar-refractivity contribution is 6.99. The second-order valence-corrected chi connectivity index (χ2v) is 3.35. The molecule has 1 aliphatic rings. The van der Waals surface area contributed by atoms with E-state index in [2.05, 4.69) is 13.7 Å². The van der Waals surface area contributed by atoms with Gasteiger partial charge in [0, 0.05) is 11.7 Å². The first kappa shape index (κ1) is 7.67. The number of nitrogens with zero attached hydrogens (tertiary/aromatic N) is 2. The van der Waals surface area contributed by atoms with Gasteiger partial charge in [0.05, 0.1) is 6.04 Å². The summed E-state index contributed by atoms with van der Waals surface area (Å²) in [5, 5.41) is 0. The highest BCUT2D eigenvalue weighted by atomic mass is 32.1. The average Bonchev–Trinajstić information content (AvgIpc) is 2.53. The van der Waals surface area contributed by atoms with E-state index in [-0.39, 0.29) is 11.6 Å². The van der Waals surface area contributed by atoms with E-state index in [1.807, 2.05) is 6.21 Å². The number of aromatic amines is 1. The number of hydrogen-bond donors (Lipinski definition) is 1. The van der Waals surface area contributed by atoms with Crippen LogP contribution in [-0.2, 0) is 0 Å². The Morgan fingerprint density at radius 3 is 3.17 bits per heavy atom. The number of rotatable bonds is 1. The van der Waals surface area contributed by atoms with Crippen molar-refractivity contribution in [3.63, 3.8) is 0 Å². The maximum atomic E-state index is 11.1. The van der Waals surface area contributed by atoms with Gasteiger partial charge < -0.3 is 0 Å². The molecule has 0 aromatic carbocycles. The van der Waals surface area contributed by atoms with Gasteiger partial charge in [-0.1, -0.05) is 0 Å². The van der Waals surface area contributed by atoms with Gasteiger partial charge in [-0.2, -0.15) is 4.37 Å². The third-order valence-electron chi connectivity index (χ3n) is 1.93. The van der Waals surface area contributed by atoms with Gasteiger partial charge in [-0.25, -0.2) is 0 Å².